The predicted molar refractivity (Wildman–Crippen MR) is 96.6 cm³/mol. The van der Waals surface area contributed by atoms with Crippen molar-refractivity contribution in [3.8, 4) is 11.5 Å². The lowest BCUT2D eigenvalue weighted by atomic mass is 9.94. The average molecular weight is 378 g/mol. The van der Waals surface area contributed by atoms with Gasteiger partial charge >= 0.3 is 6.09 Å². The fraction of sp³-hybridized carbons (Fsp3) is 0.500. The first-order valence-electron chi connectivity index (χ1n) is 8.52. The minimum atomic E-state index is -1.09. The number of carbonyl (C=O) groups is 2. The Labute approximate surface area is 155 Å². The van der Waals surface area contributed by atoms with Crippen LogP contribution in [0.3, 0.4) is 0 Å². The maximum absolute atomic E-state index is 13.0. The smallest absolute Gasteiger partial charge is 0.405 e. The van der Waals surface area contributed by atoms with Gasteiger partial charge in [-0.05, 0) is 38.8 Å². The van der Waals surface area contributed by atoms with Crippen LogP contribution in [0.25, 0.3) is 11.5 Å². The molecular formula is C18H22N2O5S. The molecule has 0 aromatic carbocycles. The van der Waals surface area contributed by atoms with E-state index < -0.39 is 11.6 Å². The summed E-state index contributed by atoms with van der Waals surface area (Å²) >= 11 is 1.32. The second-order valence-corrected chi connectivity index (χ2v) is 8.09. The third-order valence-electron chi connectivity index (χ3n) is 4.28. The summed E-state index contributed by atoms with van der Waals surface area (Å²) in [6.45, 7) is 4.76. The van der Waals surface area contributed by atoms with Crippen molar-refractivity contribution < 1.29 is 23.8 Å². The molecule has 0 spiro atoms. The van der Waals surface area contributed by atoms with E-state index in [-0.39, 0.29) is 11.7 Å². The number of ketones is 1. The number of amides is 1. The van der Waals surface area contributed by atoms with Crippen molar-refractivity contribution in [3.63, 3.8) is 0 Å². The summed E-state index contributed by atoms with van der Waals surface area (Å²) in [6.07, 6.45) is 2.26. The Morgan fingerprint density at radius 2 is 2.12 bits per heavy atom. The van der Waals surface area contributed by atoms with Gasteiger partial charge in [0.1, 0.15) is 10.6 Å². The first-order valence-corrected chi connectivity index (χ1v) is 9.34. The standard InChI is InChI=1S/C18H22N2O5S/c1-18(2,20-17(22)23)10-13-19-14(12-4-3-7-25-12)16(26-13)15(21)11-5-8-24-9-6-11/h3-4,7,11,20H,5-6,8-10H2,1-2H3,(H,22,23). The minimum Gasteiger partial charge on any atom is -0.465 e. The zero-order chi connectivity index (χ0) is 18.7. The molecule has 2 aromatic heterocycles. The lowest BCUT2D eigenvalue weighted by molar-refractivity contribution is 0.0547. The highest BCUT2D eigenvalue weighted by molar-refractivity contribution is 7.14. The van der Waals surface area contributed by atoms with Crippen LogP contribution in [0.4, 0.5) is 4.79 Å². The van der Waals surface area contributed by atoms with Crippen molar-refractivity contribution in [2.24, 2.45) is 5.92 Å². The van der Waals surface area contributed by atoms with Crippen LogP contribution in [0.1, 0.15) is 41.4 Å². The Bertz CT molecular complexity index is 776. The summed E-state index contributed by atoms with van der Waals surface area (Å²) < 4.78 is 10.8. The zero-order valence-electron chi connectivity index (χ0n) is 14.8. The third kappa shape index (κ3) is 4.31. The van der Waals surface area contributed by atoms with Gasteiger partial charge in [0.15, 0.2) is 11.5 Å². The number of carboxylic acid groups (broad SMARTS) is 1. The molecule has 0 unspecified atom stereocenters. The number of ether oxygens (including phenoxy) is 1. The highest BCUT2D eigenvalue weighted by atomic mass is 32.1. The van der Waals surface area contributed by atoms with Crippen molar-refractivity contribution in [2.45, 2.75) is 38.6 Å². The highest BCUT2D eigenvalue weighted by Crippen LogP contribution is 2.34. The van der Waals surface area contributed by atoms with Crippen LogP contribution in [0.15, 0.2) is 22.8 Å². The monoisotopic (exact) mass is 378 g/mol. The molecule has 1 fully saturated rings. The molecule has 0 radical (unpaired) electrons. The molecule has 1 saturated heterocycles. The van der Waals surface area contributed by atoms with Gasteiger partial charge in [-0.1, -0.05) is 0 Å². The van der Waals surface area contributed by atoms with Gasteiger partial charge in [0, 0.05) is 31.1 Å². The van der Waals surface area contributed by atoms with Crippen LogP contribution in [0, 0.1) is 5.92 Å². The van der Waals surface area contributed by atoms with Crippen molar-refractivity contribution in [2.75, 3.05) is 13.2 Å². The molecule has 0 bridgehead atoms. The Hall–Kier alpha value is -2.19. The van der Waals surface area contributed by atoms with E-state index in [2.05, 4.69) is 10.3 Å². The first-order chi connectivity index (χ1) is 12.4. The van der Waals surface area contributed by atoms with E-state index in [9.17, 15) is 9.59 Å². The van der Waals surface area contributed by atoms with Crippen LogP contribution in [-0.4, -0.2) is 40.7 Å². The van der Waals surface area contributed by atoms with Crippen molar-refractivity contribution in [3.05, 3.63) is 28.3 Å². The predicted octanol–water partition coefficient (Wildman–Crippen LogP) is 3.60. The van der Waals surface area contributed by atoms with Crippen molar-refractivity contribution >= 4 is 23.2 Å². The van der Waals surface area contributed by atoms with Crippen LogP contribution in [0.2, 0.25) is 0 Å². The summed E-state index contributed by atoms with van der Waals surface area (Å²) in [6, 6.07) is 3.53. The lowest BCUT2D eigenvalue weighted by Gasteiger charge is -2.23. The molecule has 1 aliphatic heterocycles. The minimum absolute atomic E-state index is 0.0625. The molecular weight excluding hydrogens is 356 g/mol. The molecule has 140 valence electrons. The van der Waals surface area contributed by atoms with Gasteiger partial charge in [-0.2, -0.15) is 0 Å². The van der Waals surface area contributed by atoms with Crippen LogP contribution in [0.5, 0.6) is 0 Å². The van der Waals surface area contributed by atoms with Crippen LogP contribution in [-0.2, 0) is 11.2 Å². The van der Waals surface area contributed by atoms with Gasteiger partial charge in [0.05, 0.1) is 11.3 Å². The first kappa shape index (κ1) is 18.6. The normalized spacial score (nSPS) is 15.8. The highest BCUT2D eigenvalue weighted by Gasteiger charge is 2.30. The number of rotatable bonds is 6. The third-order valence-corrected chi connectivity index (χ3v) is 5.35. The Morgan fingerprint density at radius 3 is 2.73 bits per heavy atom. The fourth-order valence-electron chi connectivity index (χ4n) is 3.04. The van der Waals surface area contributed by atoms with Gasteiger partial charge in [-0.25, -0.2) is 9.78 Å². The fourth-order valence-corrected chi connectivity index (χ4v) is 4.36. The maximum atomic E-state index is 13.0. The van der Waals surface area contributed by atoms with Gasteiger partial charge in [0.25, 0.3) is 0 Å². The largest absolute Gasteiger partial charge is 0.465 e. The number of hydrogen-bond donors (Lipinski definition) is 2. The molecule has 3 rings (SSSR count). The number of hydrogen-bond acceptors (Lipinski definition) is 6. The summed E-state index contributed by atoms with van der Waals surface area (Å²) in [4.78, 5) is 29.2. The van der Waals surface area contributed by atoms with Gasteiger partial charge in [0.2, 0.25) is 0 Å². The number of nitrogens with zero attached hydrogens (tertiary/aromatic N) is 1. The summed E-state index contributed by atoms with van der Waals surface area (Å²) in [7, 11) is 0. The number of furan rings is 1. The molecule has 0 saturated carbocycles. The number of carbonyl (C=O) groups excluding carboxylic acids is 1. The molecule has 0 aliphatic carbocycles. The topological polar surface area (TPSA) is 102 Å². The van der Waals surface area contributed by atoms with E-state index in [1.165, 1.54) is 11.3 Å². The van der Waals surface area contributed by atoms with Crippen molar-refractivity contribution in [1.29, 1.82) is 0 Å². The molecule has 2 N–H and O–H groups in total. The van der Waals surface area contributed by atoms with E-state index in [0.717, 1.165) is 0 Å². The zero-order valence-corrected chi connectivity index (χ0v) is 15.6. The van der Waals surface area contributed by atoms with E-state index in [1.54, 1.807) is 32.2 Å². The van der Waals surface area contributed by atoms with Crippen molar-refractivity contribution in [1.82, 2.24) is 10.3 Å². The molecule has 0 atom stereocenters. The summed E-state index contributed by atoms with van der Waals surface area (Å²) in [5, 5.41) is 12.2. The van der Waals surface area contributed by atoms with E-state index in [1.807, 2.05) is 0 Å². The van der Waals surface area contributed by atoms with E-state index in [0.29, 0.717) is 53.8 Å². The second-order valence-electron chi connectivity index (χ2n) is 7.00. The Kier molecular flexibility index (Phi) is 5.43. The molecule has 1 aliphatic rings. The molecule has 26 heavy (non-hydrogen) atoms. The Morgan fingerprint density at radius 1 is 1.38 bits per heavy atom. The molecule has 3 heterocycles. The molecule has 7 nitrogen and oxygen atoms in total. The Balaban J connectivity index is 1.91. The number of nitrogens with one attached hydrogen (secondary N) is 1. The maximum Gasteiger partial charge on any atom is 0.405 e. The van der Waals surface area contributed by atoms with Gasteiger partial charge < -0.3 is 19.6 Å². The number of aromatic nitrogens is 1. The quantitative estimate of drug-likeness (QED) is 0.745. The molecule has 2 aromatic rings. The molecule has 1 amide bonds. The summed E-state index contributed by atoms with van der Waals surface area (Å²) in [5.41, 5.74) is -0.152. The van der Waals surface area contributed by atoms with E-state index in [4.69, 9.17) is 14.3 Å². The van der Waals surface area contributed by atoms with Gasteiger partial charge in [-0.3, -0.25) is 4.79 Å². The SMILES string of the molecule is CC(C)(Cc1nc(-c2ccco2)c(C(=O)C2CCOCC2)s1)NC(=O)O. The second kappa shape index (κ2) is 7.59. The number of Topliss-reactive ketones (excluding diaryl/α,β-unsaturated/α-hetero) is 1. The van der Waals surface area contributed by atoms with Crippen LogP contribution >= 0.6 is 11.3 Å². The van der Waals surface area contributed by atoms with Gasteiger partial charge in [-0.15, -0.1) is 11.3 Å². The molecule has 8 heteroatoms. The summed E-state index contributed by atoms with van der Waals surface area (Å²) in [5.74, 6) is 0.537. The van der Waals surface area contributed by atoms with Crippen LogP contribution < -0.4 is 5.32 Å². The average Bonchev–Trinajstić information content (AvgIpc) is 3.22. The van der Waals surface area contributed by atoms with E-state index >= 15 is 0 Å². The number of thiazole rings is 1. The lowest BCUT2D eigenvalue weighted by Crippen LogP contribution is -2.44.